The highest BCUT2D eigenvalue weighted by Crippen LogP contribution is 2.32. The average molecular weight is 298 g/mol. The number of ketones is 1. The fourth-order valence-electron chi connectivity index (χ4n) is 2.86. The van der Waals surface area contributed by atoms with Gasteiger partial charge in [0.1, 0.15) is 0 Å². The predicted molar refractivity (Wildman–Crippen MR) is 85.5 cm³/mol. The molecule has 0 unspecified atom stereocenters. The minimum Gasteiger partial charge on any atom is -0.289 e. The molecule has 1 aromatic heterocycles. The molecule has 21 heavy (non-hydrogen) atoms. The number of allylic oxidation sites excluding steroid dienone is 1. The minimum atomic E-state index is 0.0122. The molecule has 4 heteroatoms. The molecule has 0 radical (unpaired) electrons. The van der Waals surface area contributed by atoms with Crippen LogP contribution in [0.3, 0.4) is 0 Å². The molecule has 0 aliphatic heterocycles. The van der Waals surface area contributed by atoms with Crippen molar-refractivity contribution in [3.63, 3.8) is 0 Å². The molecule has 1 fully saturated rings. The third kappa shape index (κ3) is 3.64. The van der Waals surface area contributed by atoms with E-state index in [1.165, 1.54) is 49.2 Å². The summed E-state index contributed by atoms with van der Waals surface area (Å²) in [5.41, 5.74) is 2.83. The van der Waals surface area contributed by atoms with E-state index in [4.69, 9.17) is 0 Å². The van der Waals surface area contributed by atoms with Crippen molar-refractivity contribution in [2.24, 2.45) is 0 Å². The SMILES string of the molecule is O=C(/C=C/c1csnn1)c1ccc(C2CCCCC2)cc1. The molecule has 1 aliphatic rings. The Morgan fingerprint density at radius 1 is 1.14 bits per heavy atom. The lowest BCUT2D eigenvalue weighted by Crippen LogP contribution is -2.05. The molecule has 0 N–H and O–H groups in total. The largest absolute Gasteiger partial charge is 0.289 e. The lowest BCUT2D eigenvalue weighted by atomic mass is 9.84. The molecule has 0 spiro atoms. The van der Waals surface area contributed by atoms with Gasteiger partial charge in [-0.15, -0.1) is 5.10 Å². The van der Waals surface area contributed by atoms with Crippen LogP contribution in [0.5, 0.6) is 0 Å². The van der Waals surface area contributed by atoms with Crippen molar-refractivity contribution in [2.45, 2.75) is 38.0 Å². The van der Waals surface area contributed by atoms with E-state index in [9.17, 15) is 4.79 Å². The van der Waals surface area contributed by atoms with Gasteiger partial charge in [-0.1, -0.05) is 48.0 Å². The Morgan fingerprint density at radius 3 is 2.57 bits per heavy atom. The summed E-state index contributed by atoms with van der Waals surface area (Å²) in [5, 5.41) is 5.70. The molecule has 0 saturated heterocycles. The number of nitrogens with zero attached hydrogens (tertiary/aromatic N) is 2. The van der Waals surface area contributed by atoms with Gasteiger partial charge in [-0.05, 0) is 48.0 Å². The Labute approximate surface area is 128 Å². The highest BCUT2D eigenvalue weighted by molar-refractivity contribution is 7.03. The summed E-state index contributed by atoms with van der Waals surface area (Å²) in [4.78, 5) is 12.1. The number of carbonyl (C=O) groups is 1. The lowest BCUT2D eigenvalue weighted by molar-refractivity contribution is 0.104. The van der Waals surface area contributed by atoms with Crippen molar-refractivity contribution in [3.05, 3.63) is 52.5 Å². The van der Waals surface area contributed by atoms with E-state index in [2.05, 4.69) is 21.7 Å². The number of aromatic nitrogens is 2. The number of benzene rings is 1. The third-order valence-corrected chi connectivity index (χ3v) is 4.58. The molecular formula is C17H18N2OS. The van der Waals surface area contributed by atoms with Gasteiger partial charge in [0.2, 0.25) is 0 Å². The van der Waals surface area contributed by atoms with Crippen LogP contribution in [0.15, 0.2) is 35.7 Å². The minimum absolute atomic E-state index is 0.0122. The van der Waals surface area contributed by atoms with Crippen molar-refractivity contribution in [3.8, 4) is 0 Å². The van der Waals surface area contributed by atoms with Gasteiger partial charge < -0.3 is 0 Å². The van der Waals surface area contributed by atoms with Crippen LogP contribution in [0.4, 0.5) is 0 Å². The molecule has 1 heterocycles. The lowest BCUT2D eigenvalue weighted by Gasteiger charge is -2.21. The molecule has 0 atom stereocenters. The van der Waals surface area contributed by atoms with Crippen molar-refractivity contribution < 1.29 is 4.79 Å². The second kappa shape index (κ2) is 6.76. The van der Waals surface area contributed by atoms with Gasteiger partial charge in [0.25, 0.3) is 0 Å². The number of hydrogen-bond donors (Lipinski definition) is 0. The second-order valence-electron chi connectivity index (χ2n) is 5.48. The number of rotatable bonds is 4. The van der Waals surface area contributed by atoms with Gasteiger partial charge in [-0.2, -0.15) is 0 Å². The standard InChI is InChI=1S/C17H18N2OS/c20-17(11-10-16-12-21-19-18-16)15-8-6-14(7-9-15)13-4-2-1-3-5-13/h6-13H,1-5H2/b11-10+. The van der Waals surface area contributed by atoms with Gasteiger partial charge >= 0.3 is 0 Å². The van der Waals surface area contributed by atoms with Crippen LogP contribution in [0.1, 0.15) is 59.6 Å². The topological polar surface area (TPSA) is 42.9 Å². The highest BCUT2D eigenvalue weighted by atomic mass is 32.1. The Balaban J connectivity index is 1.67. The molecular weight excluding hydrogens is 280 g/mol. The molecule has 0 amide bonds. The van der Waals surface area contributed by atoms with Gasteiger partial charge in [0, 0.05) is 10.9 Å². The van der Waals surface area contributed by atoms with Crippen LogP contribution in [0, 0.1) is 0 Å². The van der Waals surface area contributed by atoms with Gasteiger partial charge in [0.15, 0.2) is 5.78 Å². The maximum Gasteiger partial charge on any atom is 0.185 e. The van der Waals surface area contributed by atoms with Crippen LogP contribution >= 0.6 is 11.5 Å². The first kappa shape index (κ1) is 14.1. The predicted octanol–water partition coefficient (Wildman–Crippen LogP) is 4.48. The summed E-state index contributed by atoms with van der Waals surface area (Å²) in [6.45, 7) is 0. The van der Waals surface area contributed by atoms with E-state index in [0.29, 0.717) is 5.92 Å². The molecule has 0 bridgehead atoms. The summed E-state index contributed by atoms with van der Waals surface area (Å²) >= 11 is 1.28. The first-order chi connectivity index (χ1) is 10.3. The van der Waals surface area contributed by atoms with Crippen LogP contribution < -0.4 is 0 Å². The van der Waals surface area contributed by atoms with Crippen molar-refractivity contribution in [2.75, 3.05) is 0 Å². The summed E-state index contributed by atoms with van der Waals surface area (Å²) in [7, 11) is 0. The smallest absolute Gasteiger partial charge is 0.185 e. The van der Waals surface area contributed by atoms with Gasteiger partial charge in [-0.25, -0.2) is 0 Å². The Morgan fingerprint density at radius 2 is 1.90 bits per heavy atom. The number of hydrogen-bond acceptors (Lipinski definition) is 4. The quantitative estimate of drug-likeness (QED) is 0.617. The maximum atomic E-state index is 12.1. The Hall–Kier alpha value is -1.81. The first-order valence-corrected chi connectivity index (χ1v) is 8.26. The molecule has 1 saturated carbocycles. The zero-order valence-electron chi connectivity index (χ0n) is 11.9. The van der Waals surface area contributed by atoms with Crippen LogP contribution in [0.2, 0.25) is 0 Å². The van der Waals surface area contributed by atoms with Crippen LogP contribution in [0.25, 0.3) is 6.08 Å². The second-order valence-corrected chi connectivity index (χ2v) is 6.09. The molecule has 3 rings (SSSR count). The maximum absolute atomic E-state index is 12.1. The van der Waals surface area contributed by atoms with E-state index in [1.807, 2.05) is 17.5 Å². The van der Waals surface area contributed by atoms with E-state index in [-0.39, 0.29) is 5.78 Å². The van der Waals surface area contributed by atoms with Crippen molar-refractivity contribution in [1.82, 2.24) is 9.59 Å². The van der Waals surface area contributed by atoms with E-state index in [0.717, 1.165) is 11.3 Å². The van der Waals surface area contributed by atoms with Gasteiger partial charge in [0.05, 0.1) is 5.69 Å². The first-order valence-electron chi connectivity index (χ1n) is 7.42. The zero-order chi connectivity index (χ0) is 14.5. The van der Waals surface area contributed by atoms with Crippen LogP contribution in [-0.4, -0.2) is 15.4 Å². The van der Waals surface area contributed by atoms with Crippen molar-refractivity contribution in [1.29, 1.82) is 0 Å². The van der Waals surface area contributed by atoms with Crippen molar-refractivity contribution >= 4 is 23.4 Å². The molecule has 1 aliphatic carbocycles. The summed E-state index contributed by atoms with van der Waals surface area (Å²) in [5.74, 6) is 0.692. The highest BCUT2D eigenvalue weighted by Gasteiger charge is 2.15. The van der Waals surface area contributed by atoms with E-state index >= 15 is 0 Å². The number of carbonyl (C=O) groups excluding carboxylic acids is 1. The van der Waals surface area contributed by atoms with E-state index in [1.54, 1.807) is 12.2 Å². The van der Waals surface area contributed by atoms with E-state index < -0.39 is 0 Å². The fourth-order valence-corrected chi connectivity index (χ4v) is 3.28. The molecule has 1 aromatic carbocycles. The Kier molecular flexibility index (Phi) is 4.55. The normalized spacial score (nSPS) is 16.4. The molecule has 2 aromatic rings. The Bertz CT molecular complexity index is 611. The van der Waals surface area contributed by atoms with Gasteiger partial charge in [-0.3, -0.25) is 4.79 Å². The summed E-state index contributed by atoms with van der Waals surface area (Å²) in [6, 6.07) is 8.11. The fraction of sp³-hybridized carbons (Fsp3) is 0.353. The summed E-state index contributed by atoms with van der Waals surface area (Å²) in [6.07, 6.45) is 9.86. The monoisotopic (exact) mass is 298 g/mol. The summed E-state index contributed by atoms with van der Waals surface area (Å²) < 4.78 is 3.77. The molecule has 108 valence electrons. The molecule has 3 nitrogen and oxygen atoms in total. The van der Waals surface area contributed by atoms with Crippen LogP contribution in [-0.2, 0) is 0 Å². The zero-order valence-corrected chi connectivity index (χ0v) is 12.7. The third-order valence-electron chi connectivity index (χ3n) is 4.05. The average Bonchev–Trinajstić information content (AvgIpc) is 3.07.